The lowest BCUT2D eigenvalue weighted by atomic mass is 9.90. The summed E-state index contributed by atoms with van der Waals surface area (Å²) >= 11 is 6.00. The number of carbonyl (C=O) groups excluding carboxylic acids is 2. The Kier molecular flexibility index (Phi) is 5.61. The van der Waals surface area contributed by atoms with E-state index < -0.39 is 5.91 Å². The van der Waals surface area contributed by atoms with Crippen LogP contribution in [0.5, 0.6) is 0 Å². The molecule has 2 aliphatic rings. The molecule has 31 heavy (non-hydrogen) atoms. The van der Waals surface area contributed by atoms with Crippen molar-refractivity contribution >= 4 is 34.9 Å². The number of benzene rings is 1. The maximum absolute atomic E-state index is 13.1. The van der Waals surface area contributed by atoms with Gasteiger partial charge in [0.2, 0.25) is 11.9 Å². The van der Waals surface area contributed by atoms with Crippen molar-refractivity contribution in [3.63, 3.8) is 0 Å². The summed E-state index contributed by atoms with van der Waals surface area (Å²) in [5, 5.41) is 12.4. The minimum atomic E-state index is -0.603. The van der Waals surface area contributed by atoms with Gasteiger partial charge in [0.1, 0.15) is 11.6 Å². The quantitative estimate of drug-likeness (QED) is 0.548. The fraction of sp³-hybridized carbons (Fsp3) is 0.318. The van der Waals surface area contributed by atoms with Crippen LogP contribution in [0.1, 0.15) is 52.7 Å². The fourth-order valence-corrected chi connectivity index (χ4v) is 4.39. The van der Waals surface area contributed by atoms with Gasteiger partial charge in [-0.15, -0.1) is 0 Å². The summed E-state index contributed by atoms with van der Waals surface area (Å²) < 4.78 is 0. The van der Waals surface area contributed by atoms with Gasteiger partial charge in [-0.1, -0.05) is 30.3 Å². The summed E-state index contributed by atoms with van der Waals surface area (Å²) in [7, 11) is 0. The van der Waals surface area contributed by atoms with Crippen molar-refractivity contribution < 1.29 is 9.59 Å². The van der Waals surface area contributed by atoms with Crippen molar-refractivity contribution in [3.8, 4) is 6.07 Å². The molecule has 0 spiro atoms. The van der Waals surface area contributed by atoms with Crippen LogP contribution in [0.15, 0.2) is 31.0 Å². The molecule has 0 saturated heterocycles. The van der Waals surface area contributed by atoms with Crippen molar-refractivity contribution in [2.45, 2.75) is 44.3 Å². The number of amides is 2. The number of nitrogens with one attached hydrogen (secondary N) is 1. The zero-order chi connectivity index (χ0) is 22.1. The van der Waals surface area contributed by atoms with Gasteiger partial charge >= 0.3 is 0 Å². The lowest BCUT2D eigenvalue weighted by Crippen LogP contribution is -2.42. The zero-order valence-electron chi connectivity index (χ0n) is 16.8. The van der Waals surface area contributed by atoms with E-state index in [9.17, 15) is 9.59 Å². The van der Waals surface area contributed by atoms with Crippen LogP contribution in [0.3, 0.4) is 0 Å². The molecule has 1 aliphatic carbocycles. The molecule has 1 aromatic carbocycles. The Hall–Kier alpha value is -3.44. The van der Waals surface area contributed by atoms with E-state index in [0.717, 1.165) is 31.2 Å². The van der Waals surface area contributed by atoms with Crippen molar-refractivity contribution in [2.24, 2.45) is 5.73 Å². The van der Waals surface area contributed by atoms with Gasteiger partial charge in [0.15, 0.2) is 5.15 Å². The van der Waals surface area contributed by atoms with Crippen LogP contribution >= 0.6 is 11.6 Å². The molecule has 158 valence electrons. The summed E-state index contributed by atoms with van der Waals surface area (Å²) in [5.74, 6) is -0.272. The van der Waals surface area contributed by atoms with Crippen molar-refractivity contribution in [3.05, 3.63) is 58.4 Å². The number of anilines is 1. The Balaban J connectivity index is 1.46. The molecule has 3 N–H and O–H groups in total. The summed E-state index contributed by atoms with van der Waals surface area (Å²) in [6.07, 6.45) is 4.94. The Bertz CT molecular complexity index is 1130. The number of carbonyl (C=O) groups is 2. The third kappa shape index (κ3) is 4.09. The molecule has 1 aromatic heterocycles. The number of hydrogen-bond acceptors (Lipinski definition) is 6. The van der Waals surface area contributed by atoms with E-state index in [4.69, 9.17) is 22.6 Å². The number of halogens is 1. The van der Waals surface area contributed by atoms with Gasteiger partial charge in [0.05, 0.1) is 6.20 Å². The van der Waals surface area contributed by atoms with Crippen molar-refractivity contribution in [1.29, 1.82) is 5.26 Å². The fourth-order valence-electron chi connectivity index (χ4n) is 4.21. The average Bonchev–Trinajstić information content (AvgIpc) is 3.09. The summed E-state index contributed by atoms with van der Waals surface area (Å²) in [4.78, 5) is 34.7. The molecule has 4 rings (SSSR count). The highest BCUT2D eigenvalue weighted by atomic mass is 35.5. The number of nitriles is 1. The molecule has 2 amide bonds. The molecule has 9 heteroatoms. The molecule has 1 saturated carbocycles. The summed E-state index contributed by atoms with van der Waals surface area (Å²) in [6, 6.07) is 7.45. The Morgan fingerprint density at radius 3 is 2.90 bits per heavy atom. The summed E-state index contributed by atoms with van der Waals surface area (Å²) in [5.41, 5.74) is 7.84. The Labute approximate surface area is 184 Å². The molecule has 1 fully saturated rings. The van der Waals surface area contributed by atoms with E-state index in [-0.39, 0.29) is 34.3 Å². The van der Waals surface area contributed by atoms with Crippen LogP contribution in [-0.4, -0.2) is 38.8 Å². The molecule has 1 aliphatic heterocycles. The molecule has 2 atom stereocenters. The monoisotopic (exact) mass is 436 g/mol. The van der Waals surface area contributed by atoms with Crippen LogP contribution in [0.2, 0.25) is 5.15 Å². The van der Waals surface area contributed by atoms with E-state index in [1.54, 1.807) is 12.1 Å². The van der Waals surface area contributed by atoms with Crippen LogP contribution in [0, 0.1) is 11.3 Å². The third-order valence-corrected chi connectivity index (χ3v) is 6.16. The van der Waals surface area contributed by atoms with Gasteiger partial charge in [0, 0.05) is 29.8 Å². The molecule has 0 radical (unpaired) electrons. The second-order valence-electron chi connectivity index (χ2n) is 7.82. The predicted octanol–water partition coefficient (Wildman–Crippen LogP) is 2.88. The van der Waals surface area contributed by atoms with Crippen LogP contribution in [0.4, 0.5) is 5.95 Å². The second-order valence-corrected chi connectivity index (χ2v) is 8.18. The first-order valence-electron chi connectivity index (χ1n) is 9.99. The molecule has 8 nitrogen and oxygen atoms in total. The van der Waals surface area contributed by atoms with Crippen molar-refractivity contribution in [2.75, 3.05) is 5.32 Å². The molecular formula is C22H21ClN6O2. The number of primary amides is 1. The lowest BCUT2D eigenvalue weighted by Gasteiger charge is -2.35. The predicted molar refractivity (Wildman–Crippen MR) is 116 cm³/mol. The maximum Gasteiger partial charge on any atom is 0.254 e. The molecule has 2 heterocycles. The van der Waals surface area contributed by atoms with E-state index >= 15 is 0 Å². The highest BCUT2D eigenvalue weighted by molar-refractivity contribution is 6.30. The lowest BCUT2D eigenvalue weighted by molar-refractivity contribution is -0.112. The highest BCUT2D eigenvalue weighted by Gasteiger charge is 2.36. The maximum atomic E-state index is 13.1. The first-order valence-corrected chi connectivity index (χ1v) is 10.4. The summed E-state index contributed by atoms with van der Waals surface area (Å²) in [6.45, 7) is 4.24. The van der Waals surface area contributed by atoms with Gasteiger partial charge in [-0.25, -0.2) is 4.98 Å². The second kappa shape index (κ2) is 8.36. The molecule has 0 unspecified atom stereocenters. The van der Waals surface area contributed by atoms with Gasteiger partial charge in [-0.05, 0) is 42.9 Å². The smallest absolute Gasteiger partial charge is 0.254 e. The number of fused-ring (bicyclic) bond motifs is 1. The first-order chi connectivity index (χ1) is 14.9. The third-order valence-electron chi connectivity index (χ3n) is 5.87. The topological polar surface area (TPSA) is 125 Å². The first kappa shape index (κ1) is 20.8. The SMILES string of the molecule is C=C(C(N)=O)c1ccc2c(c1)C(=O)N([C@H]1CCC[C@@H](Nc3ncc(C#N)c(Cl)n3)C1)C2. The van der Waals surface area contributed by atoms with E-state index in [1.807, 2.05) is 17.0 Å². The van der Waals surface area contributed by atoms with Crippen LogP contribution in [0.25, 0.3) is 5.57 Å². The van der Waals surface area contributed by atoms with Gasteiger partial charge in [-0.3, -0.25) is 9.59 Å². The molecular weight excluding hydrogens is 416 g/mol. The highest BCUT2D eigenvalue weighted by Crippen LogP contribution is 2.33. The number of aromatic nitrogens is 2. The minimum absolute atomic E-state index is 0.0440. The molecule has 2 aromatic rings. The molecule has 0 bridgehead atoms. The Morgan fingerprint density at radius 2 is 2.19 bits per heavy atom. The van der Waals surface area contributed by atoms with Gasteiger partial charge < -0.3 is 16.0 Å². The number of nitrogens with two attached hydrogens (primary N) is 1. The average molecular weight is 437 g/mol. The number of nitrogens with zero attached hydrogens (tertiary/aromatic N) is 4. The van der Waals surface area contributed by atoms with E-state index in [2.05, 4.69) is 21.9 Å². The van der Waals surface area contributed by atoms with Gasteiger partial charge in [0.25, 0.3) is 5.91 Å². The standard InChI is InChI=1S/C22H21ClN6O2/c1-12(20(25)30)13-5-6-14-11-29(21(31)18(14)7-13)17-4-2-3-16(8-17)27-22-26-10-15(9-24)19(23)28-22/h5-7,10,16-17H,1-4,8,11H2,(H2,25,30)(H,26,27,28)/t16-,17+/m1/s1. The minimum Gasteiger partial charge on any atom is -0.366 e. The van der Waals surface area contributed by atoms with Crippen LogP contribution < -0.4 is 11.1 Å². The van der Waals surface area contributed by atoms with Crippen LogP contribution in [-0.2, 0) is 11.3 Å². The largest absolute Gasteiger partial charge is 0.366 e. The van der Waals surface area contributed by atoms with Gasteiger partial charge in [-0.2, -0.15) is 10.2 Å². The number of rotatable bonds is 5. The van der Waals surface area contributed by atoms with E-state index in [0.29, 0.717) is 23.6 Å². The Morgan fingerprint density at radius 1 is 1.39 bits per heavy atom. The number of hydrogen-bond donors (Lipinski definition) is 2. The normalized spacial score (nSPS) is 20.1. The van der Waals surface area contributed by atoms with Crippen molar-refractivity contribution in [1.82, 2.24) is 14.9 Å². The van der Waals surface area contributed by atoms with E-state index in [1.165, 1.54) is 6.20 Å². The zero-order valence-corrected chi connectivity index (χ0v) is 17.5.